The van der Waals surface area contributed by atoms with Crippen LogP contribution in [0.15, 0.2) is 0 Å². The fourth-order valence-electron chi connectivity index (χ4n) is 0.515. The summed E-state index contributed by atoms with van der Waals surface area (Å²) in [6, 6.07) is 0. The van der Waals surface area contributed by atoms with E-state index in [-0.39, 0.29) is 0 Å². The number of hydrogen-bond acceptors (Lipinski definition) is 1. The smallest absolute Gasteiger partial charge is 0.0893 e. The van der Waals surface area contributed by atoms with E-state index < -0.39 is 0 Å². The van der Waals surface area contributed by atoms with Gasteiger partial charge >= 0.3 is 0 Å². The molecule has 0 atom stereocenters. The maximum atomic E-state index is 3.26. The van der Waals surface area contributed by atoms with Gasteiger partial charge in [0.2, 0.25) is 0 Å². The van der Waals surface area contributed by atoms with E-state index in [1.165, 1.54) is 11.4 Å². The summed E-state index contributed by atoms with van der Waals surface area (Å²) < 4.78 is 0. The van der Waals surface area contributed by atoms with Gasteiger partial charge in [-0.3, -0.25) is 0 Å². The van der Waals surface area contributed by atoms with Crippen LogP contribution in [0.5, 0.6) is 0 Å². The molecule has 0 aromatic carbocycles. The number of hydrogen-bond donors (Lipinski definition) is 2. The first-order chi connectivity index (χ1) is 3.77. The van der Waals surface area contributed by atoms with Crippen molar-refractivity contribution in [3.63, 3.8) is 0 Å². The normalized spacial score (nSPS) is 10.5. The Kier molecular flexibility index (Phi) is 5.01. The highest BCUT2D eigenvalue weighted by molar-refractivity contribution is 4.35. The van der Waals surface area contributed by atoms with Crippen molar-refractivity contribution in [1.29, 1.82) is 0 Å². The molecule has 50 valence electrons. The van der Waals surface area contributed by atoms with E-state index in [1.54, 1.807) is 0 Å². The lowest BCUT2D eigenvalue weighted by atomic mass is 10.5. The second kappa shape index (κ2) is 5.06. The second-order valence-corrected chi connectivity index (χ2v) is 2.31. The molecule has 0 amide bonds. The minimum Gasteiger partial charge on any atom is -0.339 e. The number of likely N-dealkylation sites (N-methyl/N-ethyl adjacent to an activating group) is 2. The van der Waals surface area contributed by atoms with Crippen molar-refractivity contribution >= 4 is 0 Å². The van der Waals surface area contributed by atoms with Gasteiger partial charge in [-0.25, -0.2) is 0 Å². The van der Waals surface area contributed by atoms with Gasteiger partial charge in [0.25, 0.3) is 0 Å². The van der Waals surface area contributed by atoms with Crippen LogP contribution in [0.4, 0.5) is 0 Å². The van der Waals surface area contributed by atoms with Crippen LogP contribution in [0.2, 0.25) is 0 Å². The molecule has 0 unspecified atom stereocenters. The molecule has 8 heavy (non-hydrogen) atoms. The maximum Gasteiger partial charge on any atom is 0.0893 e. The molecule has 0 aliphatic heterocycles. The van der Waals surface area contributed by atoms with Crippen LogP contribution < -0.4 is 10.2 Å². The van der Waals surface area contributed by atoms with Crippen LogP contribution in [0.1, 0.15) is 6.92 Å². The summed E-state index contributed by atoms with van der Waals surface area (Å²) in [6.07, 6.45) is 0. The lowest BCUT2D eigenvalue weighted by Gasteiger charge is -2.05. The van der Waals surface area contributed by atoms with E-state index in [0.29, 0.717) is 0 Å². The fourth-order valence-corrected chi connectivity index (χ4v) is 0.515. The van der Waals surface area contributed by atoms with Gasteiger partial charge in [0.15, 0.2) is 0 Å². The quantitative estimate of drug-likeness (QED) is 0.439. The molecule has 2 N–H and O–H groups in total. The van der Waals surface area contributed by atoms with Crippen molar-refractivity contribution < 1.29 is 4.90 Å². The molecular formula is C6H17N2+. The van der Waals surface area contributed by atoms with Crippen LogP contribution in [-0.4, -0.2) is 33.7 Å². The van der Waals surface area contributed by atoms with Gasteiger partial charge in [-0.15, -0.1) is 0 Å². The zero-order valence-electron chi connectivity index (χ0n) is 6.12. The summed E-state index contributed by atoms with van der Waals surface area (Å²) in [6.45, 7) is 5.57. The van der Waals surface area contributed by atoms with E-state index in [2.05, 4.69) is 26.3 Å². The zero-order valence-corrected chi connectivity index (χ0v) is 6.12. The summed E-state index contributed by atoms with van der Waals surface area (Å²) in [5.74, 6) is 0. The first kappa shape index (κ1) is 7.92. The summed E-state index contributed by atoms with van der Waals surface area (Å²) in [4.78, 5) is 1.51. The highest BCUT2D eigenvalue weighted by atomic mass is 15.1. The fraction of sp³-hybridized carbons (Fsp3) is 1.00. The highest BCUT2D eigenvalue weighted by Gasteiger charge is 1.88. The molecule has 0 spiro atoms. The third-order valence-corrected chi connectivity index (χ3v) is 1.05. The third-order valence-electron chi connectivity index (χ3n) is 1.05. The Balaban J connectivity index is 2.72. The molecule has 2 nitrogen and oxygen atoms in total. The molecule has 0 fully saturated rings. The molecule has 0 radical (unpaired) electrons. The molecule has 2 heteroatoms. The largest absolute Gasteiger partial charge is 0.339 e. The van der Waals surface area contributed by atoms with E-state index >= 15 is 0 Å². The maximum absolute atomic E-state index is 3.26. The van der Waals surface area contributed by atoms with Crippen molar-refractivity contribution in [2.45, 2.75) is 6.92 Å². The molecule has 0 heterocycles. The first-order valence-corrected chi connectivity index (χ1v) is 3.27. The van der Waals surface area contributed by atoms with Crippen molar-refractivity contribution in [2.75, 3.05) is 33.7 Å². The van der Waals surface area contributed by atoms with Gasteiger partial charge in [0, 0.05) is 6.54 Å². The second-order valence-electron chi connectivity index (χ2n) is 2.31. The Morgan fingerprint density at radius 3 is 2.38 bits per heavy atom. The van der Waals surface area contributed by atoms with Gasteiger partial charge in [-0.1, -0.05) is 6.92 Å². The molecule has 0 bridgehead atoms. The Morgan fingerprint density at radius 1 is 1.38 bits per heavy atom. The van der Waals surface area contributed by atoms with Crippen molar-refractivity contribution in [3.05, 3.63) is 0 Å². The van der Waals surface area contributed by atoms with Crippen LogP contribution in [0.25, 0.3) is 0 Å². The zero-order chi connectivity index (χ0) is 6.41. The molecule has 0 aliphatic rings. The third kappa shape index (κ3) is 5.92. The van der Waals surface area contributed by atoms with Crippen LogP contribution in [0.3, 0.4) is 0 Å². The minimum absolute atomic E-state index is 1.09. The van der Waals surface area contributed by atoms with Crippen molar-refractivity contribution in [2.24, 2.45) is 0 Å². The average Bonchev–Trinajstić information content (AvgIpc) is 1.66. The van der Waals surface area contributed by atoms with E-state index in [0.717, 1.165) is 13.1 Å². The molecule has 0 aromatic rings. The molecule has 0 aliphatic carbocycles. The van der Waals surface area contributed by atoms with E-state index in [4.69, 9.17) is 0 Å². The predicted octanol–water partition coefficient (Wildman–Crippen LogP) is -1.26. The van der Waals surface area contributed by atoms with Crippen molar-refractivity contribution in [3.8, 4) is 0 Å². The lowest BCUT2D eigenvalue weighted by Crippen LogP contribution is -3.06. The van der Waals surface area contributed by atoms with Gasteiger partial charge in [-0.05, 0) is 6.54 Å². The molecule has 0 saturated carbocycles. The SMILES string of the molecule is CCNCC[NH+](C)C. The molecular weight excluding hydrogens is 100 g/mol. The summed E-state index contributed by atoms with van der Waals surface area (Å²) in [5.41, 5.74) is 0. The molecule has 0 aromatic heterocycles. The summed E-state index contributed by atoms with van der Waals surface area (Å²) in [7, 11) is 4.33. The van der Waals surface area contributed by atoms with Gasteiger partial charge < -0.3 is 10.2 Å². The van der Waals surface area contributed by atoms with Crippen LogP contribution in [0, 0.1) is 0 Å². The Bertz CT molecular complexity index is 43.8. The van der Waals surface area contributed by atoms with E-state index in [1.807, 2.05) is 0 Å². The van der Waals surface area contributed by atoms with Crippen LogP contribution >= 0.6 is 0 Å². The van der Waals surface area contributed by atoms with E-state index in [9.17, 15) is 0 Å². The Morgan fingerprint density at radius 2 is 2.00 bits per heavy atom. The lowest BCUT2D eigenvalue weighted by molar-refractivity contribution is -0.856. The van der Waals surface area contributed by atoms with Gasteiger partial charge in [-0.2, -0.15) is 0 Å². The molecule has 0 saturated heterocycles. The molecule has 0 rings (SSSR count). The average molecular weight is 117 g/mol. The number of nitrogens with one attached hydrogen (secondary N) is 2. The topological polar surface area (TPSA) is 16.5 Å². The first-order valence-electron chi connectivity index (χ1n) is 3.27. The van der Waals surface area contributed by atoms with Gasteiger partial charge in [0.1, 0.15) is 0 Å². The van der Waals surface area contributed by atoms with Crippen molar-refractivity contribution in [1.82, 2.24) is 5.32 Å². The van der Waals surface area contributed by atoms with Gasteiger partial charge in [0.05, 0.1) is 20.6 Å². The highest BCUT2D eigenvalue weighted by Crippen LogP contribution is 1.49. The Hall–Kier alpha value is -0.0800. The standard InChI is InChI=1S/C6H16N2/c1-4-7-5-6-8(2)3/h7H,4-6H2,1-3H3/p+1. The minimum atomic E-state index is 1.09. The predicted molar refractivity (Wildman–Crippen MR) is 36.2 cm³/mol. The monoisotopic (exact) mass is 117 g/mol. The summed E-state index contributed by atoms with van der Waals surface area (Å²) in [5, 5.41) is 3.26. The summed E-state index contributed by atoms with van der Waals surface area (Å²) >= 11 is 0. The van der Waals surface area contributed by atoms with Crippen LogP contribution in [-0.2, 0) is 0 Å². The Labute approximate surface area is 51.9 Å². The number of rotatable bonds is 4. The number of quaternary nitrogens is 1.